The quantitative estimate of drug-likeness (QED) is 0.208. The Morgan fingerprint density at radius 3 is 2.30 bits per heavy atom. The van der Waals surface area contributed by atoms with E-state index in [2.05, 4.69) is 6.92 Å². The van der Waals surface area contributed by atoms with Crippen LogP contribution in [-0.2, 0) is 22.6 Å². The average molecular weight is 411 g/mol. The number of benzene rings is 2. The first-order chi connectivity index (χ1) is 14.7. The molecule has 30 heavy (non-hydrogen) atoms. The van der Waals surface area contributed by atoms with E-state index >= 15 is 0 Å². The number of ether oxygens (including phenoxy) is 2. The van der Waals surface area contributed by atoms with Crippen molar-refractivity contribution in [3.05, 3.63) is 65.2 Å². The smallest absolute Gasteiger partial charge is 0.310 e. The molecule has 0 fully saturated rings. The molecule has 0 saturated heterocycles. The molecule has 0 atom stereocenters. The lowest BCUT2D eigenvalue weighted by Gasteiger charge is -2.15. The summed E-state index contributed by atoms with van der Waals surface area (Å²) in [5, 5.41) is 0. The predicted octanol–water partition coefficient (Wildman–Crippen LogP) is 6.30. The maximum absolute atomic E-state index is 13.1. The Hall–Kier alpha value is -2.62. The summed E-state index contributed by atoms with van der Waals surface area (Å²) in [5.41, 5.74) is 2.23. The Morgan fingerprint density at radius 1 is 0.833 bits per heavy atom. The zero-order chi connectivity index (χ0) is 21.6. The van der Waals surface area contributed by atoms with Gasteiger partial charge in [0.2, 0.25) is 0 Å². The van der Waals surface area contributed by atoms with Crippen LogP contribution in [0.25, 0.3) is 0 Å². The molecular formula is C26H34O4. The molecule has 2 rings (SSSR count). The molecule has 0 unspecified atom stereocenters. The van der Waals surface area contributed by atoms with Gasteiger partial charge in [-0.05, 0) is 30.5 Å². The van der Waals surface area contributed by atoms with E-state index in [-0.39, 0.29) is 18.2 Å². The summed E-state index contributed by atoms with van der Waals surface area (Å²) in [7, 11) is 0. The Morgan fingerprint density at radius 2 is 1.57 bits per heavy atom. The molecule has 0 spiro atoms. The van der Waals surface area contributed by atoms with Crippen molar-refractivity contribution in [2.75, 3.05) is 6.61 Å². The highest BCUT2D eigenvalue weighted by atomic mass is 16.5. The minimum absolute atomic E-state index is 0.0356. The minimum atomic E-state index is -0.327. The van der Waals surface area contributed by atoms with Gasteiger partial charge in [-0.3, -0.25) is 9.59 Å². The average Bonchev–Trinajstić information content (AvgIpc) is 2.75. The molecule has 162 valence electrons. The van der Waals surface area contributed by atoms with Crippen LogP contribution in [0, 0.1) is 0 Å². The van der Waals surface area contributed by atoms with Crippen molar-refractivity contribution in [2.24, 2.45) is 0 Å². The largest absolute Gasteiger partial charge is 0.488 e. The van der Waals surface area contributed by atoms with Crippen LogP contribution in [0.3, 0.4) is 0 Å². The van der Waals surface area contributed by atoms with E-state index in [4.69, 9.17) is 9.47 Å². The number of hydrogen-bond acceptors (Lipinski definition) is 4. The lowest BCUT2D eigenvalue weighted by atomic mass is 9.96. The molecule has 0 aliphatic rings. The molecule has 4 heteroatoms. The summed E-state index contributed by atoms with van der Waals surface area (Å²) in [5.74, 6) is 0.247. The molecule has 0 radical (unpaired) electrons. The van der Waals surface area contributed by atoms with Gasteiger partial charge in [0.05, 0.1) is 18.6 Å². The van der Waals surface area contributed by atoms with E-state index in [0.29, 0.717) is 36.5 Å². The second-order valence-corrected chi connectivity index (χ2v) is 7.49. The van der Waals surface area contributed by atoms with Crippen molar-refractivity contribution in [3.63, 3.8) is 0 Å². The number of carbonyl (C=O) groups is 2. The zero-order valence-electron chi connectivity index (χ0n) is 18.3. The molecule has 0 amide bonds. The van der Waals surface area contributed by atoms with Crippen molar-refractivity contribution < 1.29 is 19.1 Å². The van der Waals surface area contributed by atoms with E-state index in [9.17, 15) is 9.59 Å². The van der Waals surface area contributed by atoms with Crippen LogP contribution in [-0.4, -0.2) is 18.4 Å². The second-order valence-electron chi connectivity index (χ2n) is 7.49. The number of ketones is 1. The first kappa shape index (κ1) is 23.7. The lowest BCUT2D eigenvalue weighted by Crippen LogP contribution is -2.13. The third-order valence-electron chi connectivity index (χ3n) is 5.03. The van der Waals surface area contributed by atoms with Crippen LogP contribution in [0.2, 0.25) is 0 Å². The van der Waals surface area contributed by atoms with Crippen LogP contribution >= 0.6 is 0 Å². The maximum atomic E-state index is 13.1. The van der Waals surface area contributed by atoms with Crippen LogP contribution in [0.1, 0.15) is 80.3 Å². The third-order valence-corrected chi connectivity index (χ3v) is 5.03. The number of Topliss-reactive ketones (excluding diaryl/α,β-unsaturated/α-hetero) is 1. The Bertz CT molecular complexity index is 783. The third kappa shape index (κ3) is 8.02. The first-order valence-corrected chi connectivity index (χ1v) is 11.1. The second kappa shape index (κ2) is 13.6. The molecule has 0 aliphatic heterocycles. The molecule has 0 aliphatic carbocycles. The summed E-state index contributed by atoms with van der Waals surface area (Å²) >= 11 is 0. The molecule has 2 aromatic rings. The van der Waals surface area contributed by atoms with Crippen LogP contribution in [0.4, 0.5) is 0 Å². The van der Waals surface area contributed by atoms with Crippen molar-refractivity contribution in [2.45, 2.75) is 71.8 Å². The van der Waals surface area contributed by atoms with E-state index in [1.807, 2.05) is 48.5 Å². The maximum Gasteiger partial charge on any atom is 0.310 e. The molecule has 0 aromatic heterocycles. The van der Waals surface area contributed by atoms with Gasteiger partial charge >= 0.3 is 5.97 Å². The fourth-order valence-corrected chi connectivity index (χ4v) is 3.45. The fourth-order valence-electron chi connectivity index (χ4n) is 3.45. The highest BCUT2D eigenvalue weighted by Crippen LogP contribution is 2.27. The number of carbonyl (C=O) groups excluding carboxylic acids is 2. The highest BCUT2D eigenvalue weighted by molar-refractivity contribution is 6.01. The molecule has 4 nitrogen and oxygen atoms in total. The van der Waals surface area contributed by atoms with E-state index in [0.717, 1.165) is 24.8 Å². The van der Waals surface area contributed by atoms with Gasteiger partial charge in [0.1, 0.15) is 12.4 Å². The summed E-state index contributed by atoms with van der Waals surface area (Å²) in [6.45, 7) is 4.67. The SMILES string of the molecule is CCCCCCCCC(=O)c1c(CC(=O)OCC)cccc1OCc1ccccc1. The van der Waals surface area contributed by atoms with Crippen molar-refractivity contribution in [1.82, 2.24) is 0 Å². The normalized spacial score (nSPS) is 10.6. The van der Waals surface area contributed by atoms with Gasteiger partial charge in [-0.25, -0.2) is 0 Å². The zero-order valence-corrected chi connectivity index (χ0v) is 18.3. The van der Waals surface area contributed by atoms with Crippen molar-refractivity contribution in [1.29, 1.82) is 0 Å². The highest BCUT2D eigenvalue weighted by Gasteiger charge is 2.19. The first-order valence-electron chi connectivity index (χ1n) is 11.1. The van der Waals surface area contributed by atoms with Gasteiger partial charge in [0.15, 0.2) is 5.78 Å². The van der Waals surface area contributed by atoms with Gasteiger partial charge in [0, 0.05) is 6.42 Å². The Balaban J connectivity index is 2.12. The van der Waals surface area contributed by atoms with Gasteiger partial charge in [0.25, 0.3) is 0 Å². The number of hydrogen-bond donors (Lipinski definition) is 0. The fraction of sp³-hybridized carbons (Fsp3) is 0.462. The molecule has 0 N–H and O–H groups in total. The van der Waals surface area contributed by atoms with Crippen molar-refractivity contribution >= 4 is 11.8 Å². The number of rotatable bonds is 14. The molecular weight excluding hydrogens is 376 g/mol. The molecule has 0 heterocycles. The van der Waals surface area contributed by atoms with Gasteiger partial charge in [-0.2, -0.15) is 0 Å². The Labute approximate surface area is 180 Å². The van der Waals surface area contributed by atoms with Gasteiger partial charge in [-0.15, -0.1) is 0 Å². The van der Waals surface area contributed by atoms with Crippen LogP contribution in [0.5, 0.6) is 5.75 Å². The standard InChI is InChI=1S/C26H34O4/c1-3-5-6-7-8-12-17-23(27)26-22(19-25(28)29-4-2)16-13-18-24(26)30-20-21-14-10-9-11-15-21/h9-11,13-16,18H,3-8,12,17,19-20H2,1-2H3. The van der Waals surface area contributed by atoms with E-state index < -0.39 is 0 Å². The molecule has 2 aromatic carbocycles. The topological polar surface area (TPSA) is 52.6 Å². The summed E-state index contributed by atoms with van der Waals surface area (Å²) in [4.78, 5) is 25.2. The molecule has 0 bridgehead atoms. The van der Waals surface area contributed by atoms with Crippen LogP contribution < -0.4 is 4.74 Å². The minimum Gasteiger partial charge on any atom is -0.488 e. The summed E-state index contributed by atoms with van der Waals surface area (Å²) in [6, 6.07) is 15.3. The van der Waals surface area contributed by atoms with Gasteiger partial charge in [-0.1, -0.05) is 81.5 Å². The number of esters is 1. The van der Waals surface area contributed by atoms with Crippen molar-refractivity contribution in [3.8, 4) is 5.75 Å². The predicted molar refractivity (Wildman–Crippen MR) is 120 cm³/mol. The summed E-state index contributed by atoms with van der Waals surface area (Å²) < 4.78 is 11.1. The number of unbranched alkanes of at least 4 members (excludes halogenated alkanes) is 5. The van der Waals surface area contributed by atoms with Gasteiger partial charge < -0.3 is 9.47 Å². The van der Waals surface area contributed by atoms with E-state index in [1.54, 1.807) is 6.92 Å². The lowest BCUT2D eigenvalue weighted by molar-refractivity contribution is -0.142. The molecule has 0 saturated carbocycles. The van der Waals surface area contributed by atoms with Crippen LogP contribution in [0.15, 0.2) is 48.5 Å². The summed E-state index contributed by atoms with van der Waals surface area (Å²) in [6.07, 6.45) is 7.27. The van der Waals surface area contributed by atoms with E-state index in [1.165, 1.54) is 19.3 Å². The monoisotopic (exact) mass is 410 g/mol. The Kier molecular flexibility index (Phi) is 10.7.